The van der Waals surface area contributed by atoms with Gasteiger partial charge in [0.05, 0.1) is 5.51 Å². The lowest BCUT2D eigenvalue weighted by atomic mass is 9.69. The van der Waals surface area contributed by atoms with Crippen LogP contribution in [0.5, 0.6) is 0 Å². The molecule has 0 aromatic carbocycles. The predicted molar refractivity (Wildman–Crippen MR) is 74.2 cm³/mol. The third-order valence-electron chi connectivity index (χ3n) is 3.90. The fraction of sp³-hybridized carbons (Fsp3) is 0.786. The Morgan fingerprint density at radius 3 is 2.76 bits per heavy atom. The van der Waals surface area contributed by atoms with Crippen molar-refractivity contribution in [2.75, 3.05) is 0 Å². The Kier molecular flexibility index (Phi) is 4.21. The van der Waals surface area contributed by atoms with Gasteiger partial charge in [-0.1, -0.05) is 33.6 Å². The molecule has 1 aliphatic carbocycles. The van der Waals surface area contributed by atoms with Crippen molar-refractivity contribution in [1.29, 1.82) is 0 Å². The van der Waals surface area contributed by atoms with E-state index in [2.05, 4.69) is 31.1 Å². The lowest BCUT2D eigenvalue weighted by Crippen LogP contribution is -2.43. The van der Waals surface area contributed by atoms with Crippen molar-refractivity contribution in [2.45, 2.75) is 59.0 Å². The largest absolute Gasteiger partial charge is 0.309 e. The number of rotatable bonds is 3. The van der Waals surface area contributed by atoms with Gasteiger partial charge < -0.3 is 5.32 Å². The highest BCUT2D eigenvalue weighted by Gasteiger charge is 2.33. The Morgan fingerprint density at radius 1 is 1.35 bits per heavy atom. The summed E-state index contributed by atoms with van der Waals surface area (Å²) in [5.74, 6) is 0.809. The zero-order chi connectivity index (χ0) is 12.3. The van der Waals surface area contributed by atoms with Crippen LogP contribution in [0, 0.1) is 11.3 Å². The van der Waals surface area contributed by atoms with E-state index in [1.807, 2.05) is 11.7 Å². The number of thiazole rings is 1. The van der Waals surface area contributed by atoms with Crippen LogP contribution < -0.4 is 5.32 Å². The summed E-state index contributed by atoms with van der Waals surface area (Å²) < 4.78 is 0. The summed E-state index contributed by atoms with van der Waals surface area (Å²) in [6.45, 7) is 8.13. The molecule has 1 aromatic rings. The molecule has 2 atom stereocenters. The van der Waals surface area contributed by atoms with E-state index < -0.39 is 0 Å². The molecule has 1 aliphatic rings. The number of hydrogen-bond acceptors (Lipinski definition) is 3. The Labute approximate surface area is 109 Å². The molecule has 17 heavy (non-hydrogen) atoms. The van der Waals surface area contributed by atoms with Crippen molar-refractivity contribution in [3.05, 3.63) is 16.6 Å². The minimum absolute atomic E-state index is 0.422. The van der Waals surface area contributed by atoms with Crippen molar-refractivity contribution in [2.24, 2.45) is 11.3 Å². The molecule has 2 rings (SSSR count). The van der Waals surface area contributed by atoms with E-state index in [-0.39, 0.29) is 0 Å². The molecule has 1 heterocycles. The van der Waals surface area contributed by atoms with Crippen molar-refractivity contribution in [3.8, 4) is 0 Å². The van der Waals surface area contributed by atoms with Crippen LogP contribution in [0.4, 0.5) is 0 Å². The highest BCUT2D eigenvalue weighted by Crippen LogP contribution is 2.38. The van der Waals surface area contributed by atoms with Crippen LogP contribution in [0.1, 0.15) is 51.3 Å². The monoisotopic (exact) mass is 252 g/mol. The third kappa shape index (κ3) is 3.52. The highest BCUT2D eigenvalue weighted by atomic mass is 32.1. The normalized spacial score (nSPS) is 26.1. The summed E-state index contributed by atoms with van der Waals surface area (Å²) in [6, 6.07) is 0.686. The van der Waals surface area contributed by atoms with Gasteiger partial charge in [-0.3, -0.25) is 4.98 Å². The maximum atomic E-state index is 4.13. The number of hydrogen-bond donors (Lipinski definition) is 1. The van der Waals surface area contributed by atoms with E-state index in [1.54, 1.807) is 11.3 Å². The average molecular weight is 252 g/mol. The summed E-state index contributed by atoms with van der Waals surface area (Å²) in [7, 11) is 0. The summed E-state index contributed by atoms with van der Waals surface area (Å²) in [5.41, 5.74) is 2.34. The van der Waals surface area contributed by atoms with Crippen LogP contribution in [0.25, 0.3) is 0 Å². The van der Waals surface area contributed by atoms with Crippen molar-refractivity contribution in [1.82, 2.24) is 10.3 Å². The van der Waals surface area contributed by atoms with Gasteiger partial charge in [0.1, 0.15) is 0 Å². The second kappa shape index (κ2) is 5.49. The first-order chi connectivity index (χ1) is 8.07. The minimum Gasteiger partial charge on any atom is -0.309 e. The first-order valence-electron chi connectivity index (χ1n) is 6.68. The average Bonchev–Trinajstić information content (AvgIpc) is 2.78. The summed E-state index contributed by atoms with van der Waals surface area (Å²) in [5, 5.41) is 3.75. The molecule has 0 spiro atoms. The fourth-order valence-corrected chi connectivity index (χ4v) is 3.52. The van der Waals surface area contributed by atoms with Crippen molar-refractivity contribution < 1.29 is 0 Å². The van der Waals surface area contributed by atoms with Crippen molar-refractivity contribution in [3.63, 3.8) is 0 Å². The molecule has 1 aromatic heterocycles. The maximum absolute atomic E-state index is 4.13. The molecule has 2 unspecified atom stereocenters. The molecule has 3 heteroatoms. The Bertz CT molecular complexity index is 326. The summed E-state index contributed by atoms with van der Waals surface area (Å²) in [6.07, 6.45) is 7.48. The quantitative estimate of drug-likeness (QED) is 0.884. The lowest BCUT2D eigenvalue weighted by Gasteiger charge is -2.41. The zero-order valence-electron chi connectivity index (χ0n) is 11.2. The standard InChI is InChI=1S/C14H24N2S/c1-14(2,3)12-6-4-5-7-13(12)16-9-11-8-15-10-17-11/h8,10,12-13,16H,4-7,9H2,1-3H3. The Hall–Kier alpha value is -0.410. The minimum atomic E-state index is 0.422. The molecule has 96 valence electrons. The number of aromatic nitrogens is 1. The van der Waals surface area contributed by atoms with E-state index in [9.17, 15) is 0 Å². The fourth-order valence-electron chi connectivity index (χ4n) is 2.97. The van der Waals surface area contributed by atoms with Crippen LogP contribution in [0.2, 0.25) is 0 Å². The van der Waals surface area contributed by atoms with Crippen LogP contribution in [-0.2, 0) is 6.54 Å². The van der Waals surface area contributed by atoms with E-state index in [0.29, 0.717) is 11.5 Å². The molecule has 0 aliphatic heterocycles. The molecule has 1 N–H and O–H groups in total. The van der Waals surface area contributed by atoms with Gasteiger partial charge in [0, 0.05) is 23.7 Å². The van der Waals surface area contributed by atoms with Crippen LogP contribution >= 0.6 is 11.3 Å². The molecule has 0 bridgehead atoms. The van der Waals surface area contributed by atoms with Gasteiger partial charge in [0.25, 0.3) is 0 Å². The summed E-state index contributed by atoms with van der Waals surface area (Å²) in [4.78, 5) is 5.48. The van der Waals surface area contributed by atoms with Gasteiger partial charge in [-0.15, -0.1) is 11.3 Å². The molecule has 1 fully saturated rings. The Balaban J connectivity index is 1.92. The first-order valence-corrected chi connectivity index (χ1v) is 7.56. The maximum Gasteiger partial charge on any atom is 0.0794 e. The SMILES string of the molecule is CC(C)(C)C1CCCCC1NCc1cncs1. The second-order valence-corrected chi connectivity index (χ2v) is 7.18. The second-order valence-electron chi connectivity index (χ2n) is 6.21. The lowest BCUT2D eigenvalue weighted by molar-refractivity contribution is 0.130. The van der Waals surface area contributed by atoms with Crippen molar-refractivity contribution >= 4 is 11.3 Å². The predicted octanol–water partition coefficient (Wildman–Crippen LogP) is 3.84. The topological polar surface area (TPSA) is 24.9 Å². The van der Waals surface area contributed by atoms with Gasteiger partial charge in [0.15, 0.2) is 0 Å². The van der Waals surface area contributed by atoms with Gasteiger partial charge in [-0.25, -0.2) is 0 Å². The highest BCUT2D eigenvalue weighted by molar-refractivity contribution is 7.09. The van der Waals surface area contributed by atoms with E-state index in [1.165, 1.54) is 30.6 Å². The van der Waals surface area contributed by atoms with Crippen LogP contribution in [0.3, 0.4) is 0 Å². The molecule has 0 radical (unpaired) electrons. The number of nitrogens with zero attached hydrogens (tertiary/aromatic N) is 1. The van der Waals surface area contributed by atoms with Gasteiger partial charge in [-0.05, 0) is 24.2 Å². The van der Waals surface area contributed by atoms with E-state index >= 15 is 0 Å². The zero-order valence-corrected chi connectivity index (χ0v) is 12.0. The number of nitrogens with one attached hydrogen (secondary N) is 1. The molecule has 2 nitrogen and oxygen atoms in total. The molecule has 0 amide bonds. The third-order valence-corrected chi connectivity index (χ3v) is 4.68. The van der Waals surface area contributed by atoms with Gasteiger partial charge in [-0.2, -0.15) is 0 Å². The smallest absolute Gasteiger partial charge is 0.0794 e. The summed E-state index contributed by atoms with van der Waals surface area (Å²) >= 11 is 1.75. The molecule has 1 saturated carbocycles. The van der Waals surface area contributed by atoms with Gasteiger partial charge in [0.2, 0.25) is 0 Å². The first kappa shape index (κ1) is 13.0. The van der Waals surface area contributed by atoms with Crippen LogP contribution in [0.15, 0.2) is 11.7 Å². The van der Waals surface area contributed by atoms with Gasteiger partial charge >= 0.3 is 0 Å². The molecular formula is C14H24N2S. The van der Waals surface area contributed by atoms with Crippen LogP contribution in [-0.4, -0.2) is 11.0 Å². The van der Waals surface area contributed by atoms with E-state index in [4.69, 9.17) is 0 Å². The molecular weight excluding hydrogens is 228 g/mol. The Morgan fingerprint density at radius 2 is 2.12 bits per heavy atom. The van der Waals surface area contributed by atoms with E-state index in [0.717, 1.165) is 12.5 Å². The molecule has 0 saturated heterocycles.